The molecule has 154 valence electrons. The zero-order valence-electron chi connectivity index (χ0n) is 17.0. The molecule has 1 fully saturated rings. The molecule has 0 N–H and O–H groups in total. The molecule has 0 spiro atoms. The third-order valence-electron chi connectivity index (χ3n) is 5.53. The Morgan fingerprint density at radius 3 is 2.77 bits per heavy atom. The number of pyridine rings is 1. The third-order valence-corrected chi connectivity index (χ3v) is 6.40. The molecule has 1 aliphatic heterocycles. The normalized spacial score (nSPS) is 16.3. The zero-order valence-corrected chi connectivity index (χ0v) is 17.8. The Bertz CT molecular complexity index is 1180. The van der Waals surface area contributed by atoms with Gasteiger partial charge in [-0.05, 0) is 54.1 Å². The van der Waals surface area contributed by atoms with E-state index in [1.807, 2.05) is 82.0 Å². The van der Waals surface area contributed by atoms with Crippen LogP contribution in [0.1, 0.15) is 30.0 Å². The largest absolute Gasteiger partial charge is 0.332 e. The molecule has 1 atom stereocenters. The molecule has 1 aromatic carbocycles. The smallest absolute Gasteiger partial charge is 0.247 e. The van der Waals surface area contributed by atoms with Gasteiger partial charge in [0.1, 0.15) is 5.69 Å². The summed E-state index contributed by atoms with van der Waals surface area (Å²) in [5, 5.41) is 6.84. The van der Waals surface area contributed by atoms with Crippen LogP contribution in [-0.2, 0) is 4.79 Å². The van der Waals surface area contributed by atoms with E-state index in [4.69, 9.17) is 5.10 Å². The molecule has 4 heterocycles. The minimum Gasteiger partial charge on any atom is -0.332 e. The summed E-state index contributed by atoms with van der Waals surface area (Å²) in [4.78, 5) is 20.3. The average molecular weight is 427 g/mol. The van der Waals surface area contributed by atoms with Crippen LogP contribution in [-0.4, -0.2) is 32.1 Å². The first kappa shape index (κ1) is 19.5. The zero-order chi connectivity index (χ0) is 21.0. The molecule has 1 aliphatic rings. The van der Waals surface area contributed by atoms with Gasteiger partial charge < -0.3 is 4.90 Å². The standard InChI is InChI=1S/C25H22N4OS/c30-24(28-15-5-10-22(28)19-7-4-14-26-17-19)13-12-20-18-29(21-8-2-1-3-9-21)27-25(20)23-11-6-16-31-23/h1-4,6-9,11-14,16-18,22H,5,10,15H2/b13-12+. The van der Waals surface area contributed by atoms with E-state index in [2.05, 4.69) is 11.1 Å². The third kappa shape index (κ3) is 4.07. The van der Waals surface area contributed by atoms with E-state index in [0.29, 0.717) is 0 Å². The predicted molar refractivity (Wildman–Crippen MR) is 124 cm³/mol. The molecule has 0 bridgehead atoms. The maximum absolute atomic E-state index is 13.1. The number of rotatable bonds is 5. The highest BCUT2D eigenvalue weighted by atomic mass is 32.1. The van der Waals surface area contributed by atoms with E-state index in [0.717, 1.165) is 46.8 Å². The quantitative estimate of drug-likeness (QED) is 0.403. The van der Waals surface area contributed by atoms with E-state index >= 15 is 0 Å². The monoisotopic (exact) mass is 426 g/mol. The van der Waals surface area contributed by atoms with Gasteiger partial charge in [0.15, 0.2) is 0 Å². The predicted octanol–water partition coefficient (Wildman–Crippen LogP) is 5.37. The number of aromatic nitrogens is 3. The molecule has 5 nitrogen and oxygen atoms in total. The van der Waals surface area contributed by atoms with Crippen LogP contribution in [0.3, 0.4) is 0 Å². The molecule has 5 rings (SSSR count). The van der Waals surface area contributed by atoms with Gasteiger partial charge in [-0.3, -0.25) is 9.78 Å². The molecule has 1 unspecified atom stereocenters. The number of amides is 1. The number of likely N-dealkylation sites (tertiary alicyclic amines) is 1. The molecule has 3 aromatic heterocycles. The Morgan fingerprint density at radius 1 is 1.10 bits per heavy atom. The van der Waals surface area contributed by atoms with Crippen LogP contribution in [0.4, 0.5) is 0 Å². The Labute approximate surface area is 185 Å². The van der Waals surface area contributed by atoms with Gasteiger partial charge >= 0.3 is 0 Å². The van der Waals surface area contributed by atoms with Gasteiger partial charge in [0, 0.05) is 36.8 Å². The van der Waals surface area contributed by atoms with Crippen LogP contribution < -0.4 is 0 Å². The molecule has 1 saturated heterocycles. The summed E-state index contributed by atoms with van der Waals surface area (Å²) in [6, 6.07) is 18.2. The fourth-order valence-corrected chi connectivity index (χ4v) is 4.77. The molecule has 0 saturated carbocycles. The summed E-state index contributed by atoms with van der Waals surface area (Å²) in [7, 11) is 0. The first-order chi connectivity index (χ1) is 15.3. The Hall–Kier alpha value is -3.51. The lowest BCUT2D eigenvalue weighted by Gasteiger charge is -2.23. The molecule has 6 heteroatoms. The molecular weight excluding hydrogens is 404 g/mol. The minimum absolute atomic E-state index is 0.0240. The number of benzene rings is 1. The van der Waals surface area contributed by atoms with Crippen LogP contribution in [0, 0.1) is 0 Å². The van der Waals surface area contributed by atoms with Gasteiger partial charge in [-0.1, -0.05) is 30.3 Å². The van der Waals surface area contributed by atoms with Crippen LogP contribution in [0.2, 0.25) is 0 Å². The van der Waals surface area contributed by atoms with Crippen molar-refractivity contribution >= 4 is 23.3 Å². The molecule has 0 aliphatic carbocycles. The number of hydrogen-bond acceptors (Lipinski definition) is 4. The van der Waals surface area contributed by atoms with Crippen LogP contribution in [0.5, 0.6) is 0 Å². The Balaban J connectivity index is 1.43. The minimum atomic E-state index is 0.0240. The highest BCUT2D eigenvalue weighted by Crippen LogP contribution is 2.32. The second-order valence-corrected chi connectivity index (χ2v) is 8.45. The fraction of sp³-hybridized carbons (Fsp3) is 0.160. The number of hydrogen-bond donors (Lipinski definition) is 0. The van der Waals surface area contributed by atoms with E-state index in [-0.39, 0.29) is 11.9 Å². The van der Waals surface area contributed by atoms with Crippen molar-refractivity contribution in [1.82, 2.24) is 19.7 Å². The number of carbonyl (C=O) groups is 1. The molecule has 31 heavy (non-hydrogen) atoms. The number of para-hydroxylation sites is 1. The number of thiophene rings is 1. The lowest BCUT2D eigenvalue weighted by molar-refractivity contribution is -0.126. The number of carbonyl (C=O) groups excluding carboxylic acids is 1. The van der Waals surface area contributed by atoms with Crippen molar-refractivity contribution < 1.29 is 4.79 Å². The van der Waals surface area contributed by atoms with Crippen molar-refractivity contribution in [3.63, 3.8) is 0 Å². The second kappa shape index (κ2) is 8.70. The SMILES string of the molecule is O=C(/C=C/c1cn(-c2ccccc2)nc1-c1cccs1)N1CCCC1c1cccnc1. The summed E-state index contributed by atoms with van der Waals surface area (Å²) < 4.78 is 1.87. The van der Waals surface area contributed by atoms with Crippen LogP contribution >= 0.6 is 11.3 Å². The lowest BCUT2D eigenvalue weighted by Crippen LogP contribution is -2.28. The first-order valence-electron chi connectivity index (χ1n) is 10.4. The van der Waals surface area contributed by atoms with E-state index in [1.165, 1.54) is 0 Å². The number of nitrogens with zero attached hydrogens (tertiary/aromatic N) is 4. The van der Waals surface area contributed by atoms with Crippen molar-refractivity contribution in [3.05, 3.63) is 95.8 Å². The maximum Gasteiger partial charge on any atom is 0.247 e. The second-order valence-electron chi connectivity index (χ2n) is 7.50. The van der Waals surface area contributed by atoms with Crippen molar-refractivity contribution in [2.24, 2.45) is 0 Å². The highest BCUT2D eigenvalue weighted by Gasteiger charge is 2.28. The summed E-state index contributed by atoms with van der Waals surface area (Å²) in [5.41, 5.74) is 3.89. The molecular formula is C25H22N4OS. The first-order valence-corrected chi connectivity index (χ1v) is 11.2. The fourth-order valence-electron chi connectivity index (χ4n) is 4.03. The van der Waals surface area contributed by atoms with Gasteiger partial charge in [-0.2, -0.15) is 5.10 Å². The summed E-state index contributed by atoms with van der Waals surface area (Å²) in [6.45, 7) is 0.768. The van der Waals surface area contributed by atoms with Crippen LogP contribution in [0.15, 0.2) is 84.6 Å². The van der Waals surface area contributed by atoms with Gasteiger partial charge in [0.25, 0.3) is 0 Å². The topological polar surface area (TPSA) is 51.0 Å². The lowest BCUT2D eigenvalue weighted by atomic mass is 10.1. The van der Waals surface area contributed by atoms with Gasteiger partial charge in [-0.25, -0.2) is 4.68 Å². The molecule has 0 radical (unpaired) electrons. The summed E-state index contributed by atoms with van der Waals surface area (Å²) >= 11 is 1.64. The van der Waals surface area contributed by atoms with Crippen molar-refractivity contribution in [2.75, 3.05) is 6.54 Å². The van der Waals surface area contributed by atoms with Gasteiger partial charge in [0.2, 0.25) is 5.91 Å². The molecule has 1 amide bonds. The van der Waals surface area contributed by atoms with Crippen molar-refractivity contribution in [3.8, 4) is 16.3 Å². The van der Waals surface area contributed by atoms with Crippen molar-refractivity contribution in [1.29, 1.82) is 0 Å². The van der Waals surface area contributed by atoms with E-state index < -0.39 is 0 Å². The Morgan fingerprint density at radius 2 is 2.00 bits per heavy atom. The maximum atomic E-state index is 13.1. The van der Waals surface area contributed by atoms with Crippen molar-refractivity contribution in [2.45, 2.75) is 18.9 Å². The van der Waals surface area contributed by atoms with Gasteiger partial charge in [0.05, 0.1) is 16.6 Å². The van der Waals surface area contributed by atoms with Gasteiger partial charge in [-0.15, -0.1) is 11.3 Å². The Kier molecular flexibility index (Phi) is 5.46. The summed E-state index contributed by atoms with van der Waals surface area (Å²) in [5.74, 6) is 0.0240. The van der Waals surface area contributed by atoms with Crippen LogP contribution in [0.25, 0.3) is 22.3 Å². The van der Waals surface area contributed by atoms with E-state index in [9.17, 15) is 4.79 Å². The summed E-state index contributed by atoms with van der Waals surface area (Å²) in [6.07, 6.45) is 11.2. The van der Waals surface area contributed by atoms with E-state index in [1.54, 1.807) is 23.6 Å². The molecule has 4 aromatic rings. The highest BCUT2D eigenvalue weighted by molar-refractivity contribution is 7.13. The average Bonchev–Trinajstić information content (AvgIpc) is 3.59.